The molecule has 16 heavy (non-hydrogen) atoms. The van der Waals surface area contributed by atoms with Crippen molar-refractivity contribution >= 4 is 12.1 Å². The molecule has 1 aliphatic heterocycles. The standard InChI is InChI=1S/C12H16N2O2/c1-9-8-16-10(2)6-14(9)12-4-3-11(7-15)5-13-12/h3-5,7,9-10H,6,8H2,1-2H3. The zero-order valence-electron chi connectivity index (χ0n) is 9.59. The summed E-state index contributed by atoms with van der Waals surface area (Å²) in [5, 5.41) is 0. The third-order valence-corrected chi connectivity index (χ3v) is 2.81. The van der Waals surface area contributed by atoms with Gasteiger partial charge in [-0.15, -0.1) is 0 Å². The van der Waals surface area contributed by atoms with E-state index in [0.717, 1.165) is 25.3 Å². The fourth-order valence-electron chi connectivity index (χ4n) is 1.86. The Morgan fingerprint density at radius 3 is 2.94 bits per heavy atom. The van der Waals surface area contributed by atoms with E-state index in [0.29, 0.717) is 11.6 Å². The van der Waals surface area contributed by atoms with Crippen molar-refractivity contribution in [2.75, 3.05) is 18.1 Å². The van der Waals surface area contributed by atoms with Crippen molar-refractivity contribution in [2.45, 2.75) is 26.0 Å². The molecule has 1 aliphatic rings. The number of aromatic nitrogens is 1. The first-order valence-corrected chi connectivity index (χ1v) is 5.50. The fourth-order valence-corrected chi connectivity index (χ4v) is 1.86. The fraction of sp³-hybridized carbons (Fsp3) is 0.500. The molecular formula is C12H16N2O2. The van der Waals surface area contributed by atoms with Crippen molar-refractivity contribution in [3.05, 3.63) is 23.9 Å². The number of aldehydes is 1. The maximum absolute atomic E-state index is 10.5. The highest BCUT2D eigenvalue weighted by Crippen LogP contribution is 2.19. The Bertz CT molecular complexity index is 364. The van der Waals surface area contributed by atoms with Crippen LogP contribution in [0.1, 0.15) is 24.2 Å². The Hall–Kier alpha value is -1.42. The van der Waals surface area contributed by atoms with Gasteiger partial charge in [-0.05, 0) is 26.0 Å². The molecule has 2 atom stereocenters. The summed E-state index contributed by atoms with van der Waals surface area (Å²) in [5.41, 5.74) is 0.609. The minimum absolute atomic E-state index is 0.226. The Labute approximate surface area is 95.2 Å². The average molecular weight is 220 g/mol. The van der Waals surface area contributed by atoms with E-state index >= 15 is 0 Å². The van der Waals surface area contributed by atoms with Crippen molar-refractivity contribution < 1.29 is 9.53 Å². The van der Waals surface area contributed by atoms with Crippen LogP contribution in [0.3, 0.4) is 0 Å². The normalized spacial score (nSPS) is 25.5. The van der Waals surface area contributed by atoms with Gasteiger partial charge in [0.15, 0.2) is 6.29 Å². The summed E-state index contributed by atoms with van der Waals surface area (Å²) < 4.78 is 5.56. The Kier molecular flexibility index (Phi) is 3.19. The van der Waals surface area contributed by atoms with Crippen LogP contribution in [0.25, 0.3) is 0 Å². The van der Waals surface area contributed by atoms with Crippen molar-refractivity contribution in [3.63, 3.8) is 0 Å². The lowest BCUT2D eigenvalue weighted by Gasteiger charge is -2.37. The highest BCUT2D eigenvalue weighted by molar-refractivity contribution is 5.74. The number of ether oxygens (including phenoxy) is 1. The van der Waals surface area contributed by atoms with E-state index in [9.17, 15) is 4.79 Å². The minimum atomic E-state index is 0.226. The zero-order chi connectivity index (χ0) is 11.5. The molecule has 2 rings (SSSR count). The molecule has 1 fully saturated rings. The van der Waals surface area contributed by atoms with Crippen LogP contribution >= 0.6 is 0 Å². The van der Waals surface area contributed by atoms with Crippen LogP contribution in [0.5, 0.6) is 0 Å². The molecule has 86 valence electrons. The van der Waals surface area contributed by atoms with Crippen LogP contribution in [-0.4, -0.2) is 36.6 Å². The third kappa shape index (κ3) is 2.22. The third-order valence-electron chi connectivity index (χ3n) is 2.81. The molecule has 1 saturated heterocycles. The smallest absolute Gasteiger partial charge is 0.151 e. The van der Waals surface area contributed by atoms with Crippen LogP contribution in [0.2, 0.25) is 0 Å². The molecule has 4 heteroatoms. The van der Waals surface area contributed by atoms with E-state index in [1.54, 1.807) is 12.3 Å². The average Bonchev–Trinajstić information content (AvgIpc) is 2.32. The van der Waals surface area contributed by atoms with Gasteiger partial charge in [0, 0.05) is 18.3 Å². The summed E-state index contributed by atoms with van der Waals surface area (Å²) in [6.45, 7) is 5.73. The van der Waals surface area contributed by atoms with E-state index in [1.807, 2.05) is 6.07 Å². The number of carbonyl (C=O) groups is 1. The monoisotopic (exact) mass is 220 g/mol. The van der Waals surface area contributed by atoms with Crippen LogP contribution < -0.4 is 4.90 Å². The van der Waals surface area contributed by atoms with Gasteiger partial charge >= 0.3 is 0 Å². The second kappa shape index (κ2) is 4.61. The first kappa shape index (κ1) is 11.1. The molecular weight excluding hydrogens is 204 g/mol. The molecule has 1 aromatic rings. The highest BCUT2D eigenvalue weighted by atomic mass is 16.5. The Balaban J connectivity index is 2.17. The maximum atomic E-state index is 10.5. The lowest BCUT2D eigenvalue weighted by Crippen LogP contribution is -2.47. The second-order valence-corrected chi connectivity index (χ2v) is 4.21. The van der Waals surface area contributed by atoms with Crippen molar-refractivity contribution in [3.8, 4) is 0 Å². The van der Waals surface area contributed by atoms with Gasteiger partial charge in [0.25, 0.3) is 0 Å². The number of anilines is 1. The topological polar surface area (TPSA) is 42.4 Å². The van der Waals surface area contributed by atoms with Gasteiger partial charge < -0.3 is 9.64 Å². The van der Waals surface area contributed by atoms with Crippen LogP contribution in [-0.2, 0) is 4.74 Å². The highest BCUT2D eigenvalue weighted by Gasteiger charge is 2.24. The molecule has 4 nitrogen and oxygen atoms in total. The Morgan fingerprint density at radius 2 is 2.31 bits per heavy atom. The van der Waals surface area contributed by atoms with Gasteiger partial charge in [-0.3, -0.25) is 4.79 Å². The summed E-state index contributed by atoms with van der Waals surface area (Å²) in [6.07, 6.45) is 2.64. The van der Waals surface area contributed by atoms with Gasteiger partial charge in [-0.2, -0.15) is 0 Å². The second-order valence-electron chi connectivity index (χ2n) is 4.21. The van der Waals surface area contributed by atoms with Crippen LogP contribution in [0.4, 0.5) is 5.82 Å². The number of carbonyl (C=O) groups excluding carboxylic acids is 1. The van der Waals surface area contributed by atoms with E-state index in [-0.39, 0.29) is 6.10 Å². The molecule has 0 N–H and O–H groups in total. The summed E-state index contributed by atoms with van der Waals surface area (Å²) in [4.78, 5) is 17.0. The van der Waals surface area contributed by atoms with E-state index in [4.69, 9.17) is 4.74 Å². The molecule has 0 aromatic carbocycles. The van der Waals surface area contributed by atoms with E-state index < -0.39 is 0 Å². The van der Waals surface area contributed by atoms with Crippen LogP contribution in [0.15, 0.2) is 18.3 Å². The minimum Gasteiger partial charge on any atom is -0.375 e. The summed E-state index contributed by atoms with van der Waals surface area (Å²) in [7, 11) is 0. The molecule has 0 saturated carbocycles. The number of rotatable bonds is 2. The molecule has 0 amide bonds. The quantitative estimate of drug-likeness (QED) is 0.708. The maximum Gasteiger partial charge on any atom is 0.151 e. The van der Waals surface area contributed by atoms with Crippen molar-refractivity contribution in [2.24, 2.45) is 0 Å². The SMILES string of the molecule is CC1CN(c2ccc(C=O)cn2)C(C)CO1. The molecule has 0 radical (unpaired) electrons. The van der Waals surface area contributed by atoms with Gasteiger partial charge in [0.05, 0.1) is 18.8 Å². The lowest BCUT2D eigenvalue weighted by atomic mass is 10.2. The number of pyridine rings is 1. The molecule has 1 aromatic heterocycles. The van der Waals surface area contributed by atoms with Crippen molar-refractivity contribution in [1.29, 1.82) is 0 Å². The first-order valence-electron chi connectivity index (χ1n) is 5.50. The predicted molar refractivity (Wildman–Crippen MR) is 61.8 cm³/mol. The van der Waals surface area contributed by atoms with Gasteiger partial charge in [-0.1, -0.05) is 0 Å². The summed E-state index contributed by atoms with van der Waals surface area (Å²) >= 11 is 0. The zero-order valence-corrected chi connectivity index (χ0v) is 9.59. The number of morpholine rings is 1. The molecule has 0 spiro atoms. The van der Waals surface area contributed by atoms with Gasteiger partial charge in [0.1, 0.15) is 5.82 Å². The Morgan fingerprint density at radius 1 is 1.50 bits per heavy atom. The summed E-state index contributed by atoms with van der Waals surface area (Å²) in [5.74, 6) is 0.910. The number of nitrogens with zero attached hydrogens (tertiary/aromatic N) is 2. The summed E-state index contributed by atoms with van der Waals surface area (Å²) in [6, 6.07) is 4.01. The van der Waals surface area contributed by atoms with E-state index in [1.165, 1.54) is 0 Å². The van der Waals surface area contributed by atoms with E-state index in [2.05, 4.69) is 23.7 Å². The predicted octanol–water partition coefficient (Wildman–Crippen LogP) is 1.51. The molecule has 0 bridgehead atoms. The molecule has 2 heterocycles. The first-order chi connectivity index (χ1) is 7.70. The molecule has 0 aliphatic carbocycles. The van der Waals surface area contributed by atoms with Crippen molar-refractivity contribution in [1.82, 2.24) is 4.98 Å². The lowest BCUT2D eigenvalue weighted by molar-refractivity contribution is 0.0340. The number of hydrogen-bond donors (Lipinski definition) is 0. The number of hydrogen-bond acceptors (Lipinski definition) is 4. The molecule has 2 unspecified atom stereocenters. The largest absolute Gasteiger partial charge is 0.375 e. The van der Waals surface area contributed by atoms with Gasteiger partial charge in [0.2, 0.25) is 0 Å². The van der Waals surface area contributed by atoms with Gasteiger partial charge in [-0.25, -0.2) is 4.98 Å². The van der Waals surface area contributed by atoms with Crippen LogP contribution in [0, 0.1) is 0 Å².